The van der Waals surface area contributed by atoms with Crippen molar-refractivity contribution in [1.82, 2.24) is 0 Å². The zero-order valence-corrected chi connectivity index (χ0v) is 10.6. The Morgan fingerprint density at radius 1 is 1.33 bits per heavy atom. The molecule has 0 aliphatic carbocycles. The minimum absolute atomic E-state index is 0.0823. The lowest BCUT2D eigenvalue weighted by Gasteiger charge is -2.10. The molecule has 0 amide bonds. The van der Waals surface area contributed by atoms with Crippen LogP contribution in [0.3, 0.4) is 0 Å². The summed E-state index contributed by atoms with van der Waals surface area (Å²) >= 11 is 0. The maximum absolute atomic E-state index is 5.54. The molecule has 6 nitrogen and oxygen atoms in total. The Bertz CT molecular complexity index is 440. The second kappa shape index (κ2) is 7.16. The van der Waals surface area contributed by atoms with Gasteiger partial charge in [0, 0.05) is 0 Å². The summed E-state index contributed by atoms with van der Waals surface area (Å²) in [5, 5.41) is 7.24. The van der Waals surface area contributed by atoms with Crippen LogP contribution in [0.15, 0.2) is 28.4 Å². The minimum Gasteiger partial charge on any atom is -0.493 e. The lowest BCUT2D eigenvalue weighted by atomic mass is 10.2. The number of nitrogens with zero attached hydrogens (tertiary/aromatic N) is 2. The van der Waals surface area contributed by atoms with Gasteiger partial charge in [-0.2, -0.15) is 5.10 Å². The van der Waals surface area contributed by atoms with Gasteiger partial charge >= 0.3 is 0 Å². The lowest BCUT2D eigenvalue weighted by Crippen LogP contribution is -2.21. The van der Waals surface area contributed by atoms with E-state index in [1.54, 1.807) is 13.2 Å². The molecule has 0 heterocycles. The van der Waals surface area contributed by atoms with E-state index in [9.17, 15) is 0 Å². The van der Waals surface area contributed by atoms with Crippen LogP contribution < -0.4 is 20.9 Å². The van der Waals surface area contributed by atoms with Gasteiger partial charge in [0.25, 0.3) is 0 Å². The zero-order valence-electron chi connectivity index (χ0n) is 10.6. The predicted octanol–water partition coefficient (Wildman–Crippen LogP) is 1.09. The first kappa shape index (κ1) is 13.8. The van der Waals surface area contributed by atoms with E-state index in [1.807, 2.05) is 19.1 Å². The predicted molar refractivity (Wildman–Crippen MR) is 72.2 cm³/mol. The molecule has 0 unspecified atom stereocenters. The second-order valence-corrected chi connectivity index (χ2v) is 3.53. The molecule has 0 fully saturated rings. The van der Waals surface area contributed by atoms with Crippen LogP contribution in [0.1, 0.15) is 18.9 Å². The van der Waals surface area contributed by atoms with Crippen molar-refractivity contribution in [3.8, 4) is 11.5 Å². The van der Waals surface area contributed by atoms with Crippen molar-refractivity contribution in [2.75, 3.05) is 13.7 Å². The van der Waals surface area contributed by atoms with Crippen LogP contribution in [-0.4, -0.2) is 25.9 Å². The summed E-state index contributed by atoms with van der Waals surface area (Å²) in [6.07, 6.45) is 2.47. The molecule has 0 aliphatic rings. The molecule has 0 bridgehead atoms. The van der Waals surface area contributed by atoms with E-state index in [0.717, 1.165) is 12.0 Å². The summed E-state index contributed by atoms with van der Waals surface area (Å²) in [6, 6.07) is 5.47. The van der Waals surface area contributed by atoms with Crippen molar-refractivity contribution in [2.45, 2.75) is 13.3 Å². The molecule has 6 heteroatoms. The van der Waals surface area contributed by atoms with Crippen LogP contribution in [0, 0.1) is 0 Å². The van der Waals surface area contributed by atoms with Crippen molar-refractivity contribution in [2.24, 2.45) is 21.7 Å². The van der Waals surface area contributed by atoms with Crippen molar-refractivity contribution in [1.29, 1.82) is 0 Å². The molecule has 0 atom stereocenters. The van der Waals surface area contributed by atoms with Crippen molar-refractivity contribution >= 4 is 12.2 Å². The average molecular weight is 250 g/mol. The molecule has 1 aromatic rings. The Labute approximate surface area is 106 Å². The summed E-state index contributed by atoms with van der Waals surface area (Å²) in [5.74, 6) is 1.27. The van der Waals surface area contributed by atoms with Gasteiger partial charge in [-0.15, -0.1) is 5.10 Å². The van der Waals surface area contributed by atoms with Gasteiger partial charge in [-0.25, -0.2) is 0 Å². The number of hydrogen-bond donors (Lipinski definition) is 2. The highest BCUT2D eigenvalue weighted by atomic mass is 16.5. The molecule has 98 valence electrons. The third-order valence-electron chi connectivity index (χ3n) is 2.03. The molecule has 0 spiro atoms. The monoisotopic (exact) mass is 250 g/mol. The van der Waals surface area contributed by atoms with E-state index in [4.69, 9.17) is 20.9 Å². The van der Waals surface area contributed by atoms with Gasteiger partial charge in [0.2, 0.25) is 5.96 Å². The number of rotatable bonds is 6. The molecule has 1 rings (SSSR count). The molecule has 1 aromatic carbocycles. The van der Waals surface area contributed by atoms with Crippen molar-refractivity contribution < 1.29 is 9.47 Å². The van der Waals surface area contributed by atoms with Crippen molar-refractivity contribution in [3.05, 3.63) is 23.8 Å². The van der Waals surface area contributed by atoms with Gasteiger partial charge in [0.05, 0.1) is 19.9 Å². The third kappa shape index (κ3) is 4.32. The smallest absolute Gasteiger partial charge is 0.211 e. The van der Waals surface area contributed by atoms with E-state index in [2.05, 4.69) is 10.2 Å². The molecule has 0 saturated carbocycles. The lowest BCUT2D eigenvalue weighted by molar-refractivity contribution is 0.294. The van der Waals surface area contributed by atoms with Gasteiger partial charge in [-0.05, 0) is 30.2 Å². The molecular formula is C12H18N4O2. The Morgan fingerprint density at radius 2 is 2.11 bits per heavy atom. The summed E-state index contributed by atoms with van der Waals surface area (Å²) in [5.41, 5.74) is 11.1. The number of guanidine groups is 1. The standard InChI is InChI=1S/C12H18N4O2/c1-3-6-18-10-5-4-9(7-11(10)17-2)8-15-16-12(13)14/h4-5,7-8H,3,6H2,1-2H3,(H4,13,14,16). The van der Waals surface area contributed by atoms with Gasteiger partial charge in [-0.3, -0.25) is 0 Å². The van der Waals surface area contributed by atoms with Gasteiger partial charge < -0.3 is 20.9 Å². The quantitative estimate of drug-likeness (QED) is 0.449. The number of hydrogen-bond acceptors (Lipinski definition) is 4. The van der Waals surface area contributed by atoms with Crippen LogP contribution in [0.5, 0.6) is 11.5 Å². The summed E-state index contributed by atoms with van der Waals surface area (Å²) < 4.78 is 10.8. The zero-order chi connectivity index (χ0) is 13.4. The Balaban J connectivity index is 2.84. The molecular weight excluding hydrogens is 232 g/mol. The molecule has 18 heavy (non-hydrogen) atoms. The van der Waals surface area contributed by atoms with Crippen molar-refractivity contribution in [3.63, 3.8) is 0 Å². The molecule has 0 aromatic heterocycles. The maximum atomic E-state index is 5.54. The Kier molecular flexibility index (Phi) is 5.50. The largest absolute Gasteiger partial charge is 0.493 e. The van der Waals surface area contributed by atoms with Crippen LogP contribution in [-0.2, 0) is 0 Å². The highest BCUT2D eigenvalue weighted by Crippen LogP contribution is 2.27. The fraction of sp³-hybridized carbons (Fsp3) is 0.333. The average Bonchev–Trinajstić information content (AvgIpc) is 2.36. The third-order valence-corrected chi connectivity index (χ3v) is 2.03. The summed E-state index contributed by atoms with van der Waals surface area (Å²) in [4.78, 5) is 0. The maximum Gasteiger partial charge on any atom is 0.211 e. The molecule has 4 N–H and O–H groups in total. The highest BCUT2D eigenvalue weighted by molar-refractivity contribution is 5.82. The van der Waals surface area contributed by atoms with Gasteiger partial charge in [0.15, 0.2) is 11.5 Å². The molecule has 0 saturated heterocycles. The van der Waals surface area contributed by atoms with E-state index in [1.165, 1.54) is 6.21 Å². The minimum atomic E-state index is -0.0823. The number of methoxy groups -OCH3 is 1. The number of ether oxygens (including phenoxy) is 2. The highest BCUT2D eigenvalue weighted by Gasteiger charge is 2.04. The second-order valence-electron chi connectivity index (χ2n) is 3.53. The van der Waals surface area contributed by atoms with Crippen LogP contribution in [0.4, 0.5) is 0 Å². The van der Waals surface area contributed by atoms with E-state index in [0.29, 0.717) is 18.1 Å². The van der Waals surface area contributed by atoms with Crippen LogP contribution in [0.25, 0.3) is 0 Å². The van der Waals surface area contributed by atoms with Gasteiger partial charge in [0.1, 0.15) is 0 Å². The first-order valence-corrected chi connectivity index (χ1v) is 5.60. The first-order chi connectivity index (χ1) is 8.67. The van der Waals surface area contributed by atoms with E-state index in [-0.39, 0.29) is 5.96 Å². The van der Waals surface area contributed by atoms with Crippen LogP contribution >= 0.6 is 0 Å². The van der Waals surface area contributed by atoms with E-state index < -0.39 is 0 Å². The Morgan fingerprint density at radius 3 is 2.72 bits per heavy atom. The SMILES string of the molecule is CCCOc1ccc(C=NN=C(N)N)cc1OC. The van der Waals surface area contributed by atoms with Crippen LogP contribution in [0.2, 0.25) is 0 Å². The first-order valence-electron chi connectivity index (χ1n) is 5.60. The molecule has 0 radical (unpaired) electrons. The summed E-state index contributed by atoms with van der Waals surface area (Å²) in [6.45, 7) is 2.69. The van der Waals surface area contributed by atoms with E-state index >= 15 is 0 Å². The summed E-state index contributed by atoms with van der Waals surface area (Å²) in [7, 11) is 1.59. The fourth-order valence-electron chi connectivity index (χ4n) is 1.26. The molecule has 0 aliphatic heterocycles. The number of benzene rings is 1. The topological polar surface area (TPSA) is 95.2 Å². The normalized spacial score (nSPS) is 10.3. The Hall–Kier alpha value is -2.24. The fourth-order valence-corrected chi connectivity index (χ4v) is 1.26. The number of nitrogens with two attached hydrogens (primary N) is 2. The van der Waals surface area contributed by atoms with Gasteiger partial charge in [-0.1, -0.05) is 6.92 Å².